The van der Waals surface area contributed by atoms with Gasteiger partial charge in [0.1, 0.15) is 17.8 Å². The van der Waals surface area contributed by atoms with Crippen molar-refractivity contribution in [3.63, 3.8) is 0 Å². The summed E-state index contributed by atoms with van der Waals surface area (Å²) in [5.74, 6) is -0.481. The van der Waals surface area contributed by atoms with Crippen molar-refractivity contribution in [1.29, 1.82) is 5.26 Å². The van der Waals surface area contributed by atoms with Gasteiger partial charge in [-0.15, -0.1) is 0 Å². The van der Waals surface area contributed by atoms with Crippen LogP contribution < -0.4 is 4.74 Å². The number of esters is 1. The summed E-state index contributed by atoms with van der Waals surface area (Å²) < 4.78 is 10.3. The van der Waals surface area contributed by atoms with Crippen LogP contribution in [0.1, 0.15) is 31.9 Å². The zero-order valence-corrected chi connectivity index (χ0v) is 12.7. The van der Waals surface area contributed by atoms with Crippen LogP contribution in [0, 0.1) is 23.7 Å². The van der Waals surface area contributed by atoms with Crippen LogP contribution in [0.3, 0.4) is 0 Å². The second-order valence-corrected chi connectivity index (χ2v) is 5.15. The van der Waals surface area contributed by atoms with Crippen molar-refractivity contribution in [3.8, 4) is 11.8 Å². The lowest BCUT2D eigenvalue weighted by Gasteiger charge is -2.21. The van der Waals surface area contributed by atoms with Crippen LogP contribution >= 0.6 is 0 Å². The molecule has 0 radical (unpaired) electrons. The number of nitrogens with zero attached hydrogens (tertiary/aromatic N) is 1. The number of ether oxygens (including phenoxy) is 2. The van der Waals surface area contributed by atoms with E-state index in [4.69, 9.17) is 14.7 Å². The first-order chi connectivity index (χ1) is 9.82. The van der Waals surface area contributed by atoms with Crippen LogP contribution in [0.2, 0.25) is 0 Å². The van der Waals surface area contributed by atoms with Crippen molar-refractivity contribution in [2.45, 2.75) is 27.7 Å². The molecule has 0 saturated carbocycles. The quantitative estimate of drug-likeness (QED) is 0.593. The Morgan fingerprint density at radius 3 is 2.57 bits per heavy atom. The van der Waals surface area contributed by atoms with Crippen molar-refractivity contribution >= 4 is 11.8 Å². The molecule has 0 fully saturated rings. The molecule has 5 nitrogen and oxygen atoms in total. The maximum Gasteiger partial charge on any atom is 0.319 e. The number of rotatable bonds is 6. The Balaban J connectivity index is 2.77. The van der Waals surface area contributed by atoms with E-state index in [1.807, 2.05) is 13.0 Å². The van der Waals surface area contributed by atoms with E-state index in [1.54, 1.807) is 25.1 Å². The minimum absolute atomic E-state index is 0.222. The molecule has 1 aromatic rings. The Kier molecular flexibility index (Phi) is 5.48. The fraction of sp³-hybridized carbons (Fsp3) is 0.438. The van der Waals surface area contributed by atoms with Gasteiger partial charge in [-0.1, -0.05) is 6.07 Å². The van der Waals surface area contributed by atoms with Crippen LogP contribution in [-0.4, -0.2) is 25.0 Å². The molecule has 0 saturated heterocycles. The maximum absolute atomic E-state index is 12.1. The molecule has 0 unspecified atom stereocenters. The zero-order chi connectivity index (χ0) is 16.0. The average molecular weight is 289 g/mol. The highest BCUT2D eigenvalue weighted by molar-refractivity contribution is 6.03. The van der Waals surface area contributed by atoms with Gasteiger partial charge in [-0.05, 0) is 45.4 Å². The third-order valence-electron chi connectivity index (χ3n) is 3.16. The molecule has 5 heteroatoms. The molecule has 21 heavy (non-hydrogen) atoms. The predicted molar refractivity (Wildman–Crippen MR) is 76.8 cm³/mol. The minimum atomic E-state index is -1.25. The fourth-order valence-electron chi connectivity index (χ4n) is 1.57. The van der Waals surface area contributed by atoms with Crippen LogP contribution in [0.4, 0.5) is 0 Å². The molecule has 0 aromatic heterocycles. The van der Waals surface area contributed by atoms with E-state index in [9.17, 15) is 9.59 Å². The summed E-state index contributed by atoms with van der Waals surface area (Å²) in [6, 6.07) is 7.00. The lowest BCUT2D eigenvalue weighted by atomic mass is 9.88. The van der Waals surface area contributed by atoms with E-state index in [0.29, 0.717) is 11.3 Å². The van der Waals surface area contributed by atoms with Gasteiger partial charge in [-0.3, -0.25) is 9.59 Å². The standard InChI is InChI=1S/C16H19NO4/c1-5-20-15(19)16(3,4)14(18)10-21-13-8-12(9-17)7-6-11(13)2/h6-8H,5,10H2,1-4H3. The molecule has 0 amide bonds. The second-order valence-electron chi connectivity index (χ2n) is 5.15. The molecular formula is C16H19NO4. The van der Waals surface area contributed by atoms with E-state index in [2.05, 4.69) is 0 Å². The average Bonchev–Trinajstić information content (AvgIpc) is 2.46. The summed E-state index contributed by atoms with van der Waals surface area (Å²) >= 11 is 0. The van der Waals surface area contributed by atoms with Gasteiger partial charge < -0.3 is 9.47 Å². The van der Waals surface area contributed by atoms with Crippen molar-refractivity contribution in [1.82, 2.24) is 0 Å². The SMILES string of the molecule is CCOC(=O)C(C)(C)C(=O)COc1cc(C#N)ccc1C. The molecule has 0 spiro atoms. The van der Waals surface area contributed by atoms with Gasteiger partial charge in [0.25, 0.3) is 0 Å². The summed E-state index contributed by atoms with van der Waals surface area (Å²) in [5, 5.41) is 8.86. The van der Waals surface area contributed by atoms with Crippen LogP contribution in [-0.2, 0) is 14.3 Å². The topological polar surface area (TPSA) is 76.4 Å². The maximum atomic E-state index is 12.1. The van der Waals surface area contributed by atoms with Crippen molar-refractivity contribution in [2.75, 3.05) is 13.2 Å². The number of nitriles is 1. The van der Waals surface area contributed by atoms with Crippen LogP contribution in [0.25, 0.3) is 0 Å². The number of ketones is 1. The summed E-state index contributed by atoms with van der Waals surface area (Å²) in [4.78, 5) is 23.9. The molecular weight excluding hydrogens is 270 g/mol. The van der Waals surface area contributed by atoms with Gasteiger partial charge in [-0.2, -0.15) is 5.26 Å². The van der Waals surface area contributed by atoms with E-state index in [1.165, 1.54) is 13.8 Å². The normalized spacial score (nSPS) is 10.6. The number of hydrogen-bond donors (Lipinski definition) is 0. The number of Topliss-reactive ketones (excluding diaryl/α,β-unsaturated/α-hetero) is 1. The van der Waals surface area contributed by atoms with Crippen molar-refractivity contribution in [3.05, 3.63) is 29.3 Å². The first-order valence-electron chi connectivity index (χ1n) is 6.67. The van der Waals surface area contributed by atoms with Gasteiger partial charge in [-0.25, -0.2) is 0 Å². The summed E-state index contributed by atoms with van der Waals surface area (Å²) in [7, 11) is 0. The Bertz CT molecular complexity index is 584. The molecule has 1 rings (SSSR count). The predicted octanol–water partition coefficient (Wildman–Crippen LogP) is 2.40. The van der Waals surface area contributed by atoms with E-state index in [0.717, 1.165) is 5.56 Å². The number of benzene rings is 1. The van der Waals surface area contributed by atoms with E-state index >= 15 is 0 Å². The van der Waals surface area contributed by atoms with Crippen molar-refractivity contribution in [2.24, 2.45) is 5.41 Å². The monoisotopic (exact) mass is 289 g/mol. The van der Waals surface area contributed by atoms with Gasteiger partial charge in [0.05, 0.1) is 18.2 Å². The lowest BCUT2D eigenvalue weighted by Crippen LogP contribution is -2.38. The molecule has 0 heterocycles. The zero-order valence-electron chi connectivity index (χ0n) is 12.7. The third-order valence-corrected chi connectivity index (χ3v) is 3.16. The minimum Gasteiger partial charge on any atom is -0.485 e. The second kappa shape index (κ2) is 6.89. The first-order valence-corrected chi connectivity index (χ1v) is 6.67. The Morgan fingerprint density at radius 1 is 1.33 bits per heavy atom. The Labute approximate surface area is 124 Å². The highest BCUT2D eigenvalue weighted by atomic mass is 16.5. The smallest absolute Gasteiger partial charge is 0.319 e. The van der Waals surface area contributed by atoms with Gasteiger partial charge in [0.15, 0.2) is 5.78 Å². The summed E-state index contributed by atoms with van der Waals surface area (Å²) in [5.41, 5.74) is 0.0139. The third kappa shape index (κ3) is 4.06. The molecule has 0 aliphatic carbocycles. The van der Waals surface area contributed by atoms with Gasteiger partial charge in [0, 0.05) is 0 Å². The molecule has 0 aliphatic heterocycles. The molecule has 0 atom stereocenters. The molecule has 112 valence electrons. The van der Waals surface area contributed by atoms with Gasteiger partial charge in [0.2, 0.25) is 0 Å². The van der Waals surface area contributed by atoms with Crippen LogP contribution in [0.5, 0.6) is 5.75 Å². The molecule has 0 N–H and O–H groups in total. The van der Waals surface area contributed by atoms with Gasteiger partial charge >= 0.3 is 5.97 Å². The first kappa shape index (κ1) is 16.7. The number of carbonyl (C=O) groups is 2. The van der Waals surface area contributed by atoms with Crippen molar-refractivity contribution < 1.29 is 19.1 Å². The molecule has 0 aliphatic rings. The highest BCUT2D eigenvalue weighted by Crippen LogP contribution is 2.22. The Hall–Kier alpha value is -2.35. The number of carbonyl (C=O) groups excluding carboxylic acids is 2. The largest absolute Gasteiger partial charge is 0.485 e. The fourth-order valence-corrected chi connectivity index (χ4v) is 1.57. The summed E-state index contributed by atoms with van der Waals surface area (Å²) in [6.45, 7) is 6.49. The van der Waals surface area contributed by atoms with E-state index < -0.39 is 11.4 Å². The highest BCUT2D eigenvalue weighted by Gasteiger charge is 2.37. The molecule has 0 bridgehead atoms. The van der Waals surface area contributed by atoms with Crippen LogP contribution in [0.15, 0.2) is 18.2 Å². The van der Waals surface area contributed by atoms with E-state index in [-0.39, 0.29) is 19.0 Å². The Morgan fingerprint density at radius 2 is 2.00 bits per heavy atom. The molecule has 1 aromatic carbocycles. The number of aryl methyl sites for hydroxylation is 1. The lowest BCUT2D eigenvalue weighted by molar-refractivity contribution is -0.158. The summed E-state index contributed by atoms with van der Waals surface area (Å²) in [6.07, 6.45) is 0. The number of hydrogen-bond acceptors (Lipinski definition) is 5.